The van der Waals surface area contributed by atoms with E-state index in [1.165, 1.54) is 4.31 Å². The minimum absolute atomic E-state index is 0.0365. The molecule has 0 aliphatic carbocycles. The van der Waals surface area contributed by atoms with E-state index in [1.807, 2.05) is 0 Å². The predicted molar refractivity (Wildman–Crippen MR) is 110 cm³/mol. The highest BCUT2D eigenvalue weighted by atomic mass is 32.2. The van der Waals surface area contributed by atoms with Crippen LogP contribution >= 0.6 is 0 Å². The standard InChI is InChI=1S/C21H30N2O6S/c24-20(25)14-17-9-13-23(30(28,29)19-4-2-1-3-5-19)15-18(17)8-12-22-10-6-16(7-11-22)21(26)27/h1-5,16-18H,6-15H2,(H,24,25)(H,26,27)/t17-,18-/m0/s1. The van der Waals surface area contributed by atoms with E-state index >= 15 is 0 Å². The number of sulfonamides is 1. The molecule has 166 valence electrons. The molecule has 0 amide bonds. The molecule has 2 fully saturated rings. The van der Waals surface area contributed by atoms with Crippen LogP contribution in [0.5, 0.6) is 0 Å². The summed E-state index contributed by atoms with van der Waals surface area (Å²) in [4.78, 5) is 24.9. The highest BCUT2D eigenvalue weighted by Crippen LogP contribution is 2.32. The number of carboxylic acid groups (broad SMARTS) is 2. The number of piperidine rings is 2. The molecule has 0 radical (unpaired) electrons. The first-order chi connectivity index (χ1) is 14.3. The molecule has 8 nitrogen and oxygen atoms in total. The Morgan fingerprint density at radius 1 is 0.967 bits per heavy atom. The number of nitrogens with zero attached hydrogens (tertiary/aromatic N) is 2. The third-order valence-electron chi connectivity index (χ3n) is 6.42. The molecule has 1 aromatic rings. The number of rotatable bonds is 8. The third kappa shape index (κ3) is 5.59. The van der Waals surface area contributed by atoms with Crippen molar-refractivity contribution in [1.82, 2.24) is 9.21 Å². The van der Waals surface area contributed by atoms with Crippen LogP contribution in [0.15, 0.2) is 35.2 Å². The molecule has 30 heavy (non-hydrogen) atoms. The second-order valence-electron chi connectivity index (χ2n) is 8.33. The van der Waals surface area contributed by atoms with Gasteiger partial charge in [-0.05, 0) is 69.3 Å². The van der Waals surface area contributed by atoms with Gasteiger partial charge in [-0.1, -0.05) is 18.2 Å². The molecular formula is C21H30N2O6S. The van der Waals surface area contributed by atoms with Gasteiger partial charge in [0.25, 0.3) is 0 Å². The molecule has 1 aromatic carbocycles. The zero-order chi connectivity index (χ0) is 21.7. The topological polar surface area (TPSA) is 115 Å². The average Bonchev–Trinajstić information content (AvgIpc) is 2.73. The second-order valence-corrected chi connectivity index (χ2v) is 10.3. The van der Waals surface area contributed by atoms with Crippen LogP contribution < -0.4 is 0 Å². The van der Waals surface area contributed by atoms with Gasteiger partial charge in [-0.25, -0.2) is 8.42 Å². The van der Waals surface area contributed by atoms with Gasteiger partial charge in [0, 0.05) is 19.5 Å². The summed E-state index contributed by atoms with van der Waals surface area (Å²) in [5.74, 6) is -1.98. The molecule has 2 aliphatic rings. The van der Waals surface area contributed by atoms with Gasteiger partial charge in [0.05, 0.1) is 10.8 Å². The molecule has 2 heterocycles. The Bertz CT molecular complexity index is 836. The van der Waals surface area contributed by atoms with Crippen LogP contribution in [-0.2, 0) is 19.6 Å². The highest BCUT2D eigenvalue weighted by Gasteiger charge is 2.36. The van der Waals surface area contributed by atoms with E-state index in [4.69, 9.17) is 5.11 Å². The van der Waals surface area contributed by atoms with Gasteiger partial charge in [0.2, 0.25) is 10.0 Å². The SMILES string of the molecule is O=C(O)C[C@@H]1CCN(S(=O)(=O)c2ccccc2)C[C@@H]1CCN1CCC(C(=O)O)CC1. The van der Waals surface area contributed by atoms with Crippen molar-refractivity contribution in [3.63, 3.8) is 0 Å². The van der Waals surface area contributed by atoms with Crippen LogP contribution in [0.3, 0.4) is 0 Å². The molecule has 2 N–H and O–H groups in total. The molecule has 0 bridgehead atoms. The minimum atomic E-state index is -3.60. The number of carbonyl (C=O) groups is 2. The Morgan fingerprint density at radius 2 is 1.63 bits per heavy atom. The van der Waals surface area contributed by atoms with Crippen LogP contribution in [0.2, 0.25) is 0 Å². The lowest BCUT2D eigenvalue weighted by Crippen LogP contribution is -2.45. The summed E-state index contributed by atoms with van der Waals surface area (Å²) >= 11 is 0. The number of aliphatic carboxylic acids is 2. The first kappa shape index (κ1) is 22.7. The molecule has 3 rings (SSSR count). The summed E-state index contributed by atoms with van der Waals surface area (Å²) < 4.78 is 27.5. The molecule has 0 spiro atoms. The van der Waals surface area contributed by atoms with Crippen molar-refractivity contribution in [2.75, 3.05) is 32.7 Å². The number of carboxylic acids is 2. The minimum Gasteiger partial charge on any atom is -0.481 e. The first-order valence-corrected chi connectivity index (χ1v) is 11.9. The summed E-state index contributed by atoms with van der Waals surface area (Å²) in [6.07, 6.45) is 2.52. The molecule has 0 unspecified atom stereocenters. The van der Waals surface area contributed by atoms with Crippen LogP contribution in [0.25, 0.3) is 0 Å². The molecule has 9 heteroatoms. The second kappa shape index (κ2) is 9.89. The number of hydrogen-bond donors (Lipinski definition) is 2. The maximum atomic E-state index is 13.0. The van der Waals surface area contributed by atoms with Crippen molar-refractivity contribution in [3.05, 3.63) is 30.3 Å². The highest BCUT2D eigenvalue weighted by molar-refractivity contribution is 7.89. The molecule has 2 atom stereocenters. The molecule has 0 aromatic heterocycles. The number of hydrogen-bond acceptors (Lipinski definition) is 5. The molecule has 2 saturated heterocycles. The Balaban J connectivity index is 1.64. The van der Waals surface area contributed by atoms with Gasteiger partial charge in [-0.2, -0.15) is 4.31 Å². The fourth-order valence-electron chi connectivity index (χ4n) is 4.58. The zero-order valence-electron chi connectivity index (χ0n) is 17.0. The van der Waals surface area contributed by atoms with E-state index in [0.29, 0.717) is 51.9 Å². The van der Waals surface area contributed by atoms with Crippen molar-refractivity contribution >= 4 is 22.0 Å². The summed E-state index contributed by atoms with van der Waals surface area (Å²) in [7, 11) is -3.60. The molecule has 0 saturated carbocycles. The first-order valence-electron chi connectivity index (χ1n) is 10.5. The van der Waals surface area contributed by atoms with Gasteiger partial charge in [0.1, 0.15) is 0 Å². The van der Waals surface area contributed by atoms with Gasteiger partial charge in [-0.3, -0.25) is 9.59 Å². The van der Waals surface area contributed by atoms with Crippen LogP contribution in [0, 0.1) is 17.8 Å². The zero-order valence-corrected chi connectivity index (χ0v) is 17.8. The average molecular weight is 439 g/mol. The Hall–Kier alpha value is -1.97. The maximum absolute atomic E-state index is 13.0. The summed E-state index contributed by atoms with van der Waals surface area (Å²) in [6, 6.07) is 8.33. The Labute approximate surface area is 177 Å². The lowest BCUT2D eigenvalue weighted by Gasteiger charge is -2.39. The van der Waals surface area contributed by atoms with E-state index < -0.39 is 22.0 Å². The maximum Gasteiger partial charge on any atom is 0.306 e. The van der Waals surface area contributed by atoms with Gasteiger partial charge in [0.15, 0.2) is 0 Å². The summed E-state index contributed by atoms with van der Waals surface area (Å²) in [5.41, 5.74) is 0. The lowest BCUT2D eigenvalue weighted by atomic mass is 9.81. The predicted octanol–water partition coefficient (Wildman–Crippen LogP) is 1.97. The van der Waals surface area contributed by atoms with E-state index in [9.17, 15) is 23.1 Å². The van der Waals surface area contributed by atoms with E-state index in [-0.39, 0.29) is 29.1 Å². The third-order valence-corrected chi connectivity index (χ3v) is 8.30. The smallest absolute Gasteiger partial charge is 0.306 e. The normalized spacial score (nSPS) is 24.5. The number of likely N-dealkylation sites (tertiary alicyclic amines) is 1. The number of benzene rings is 1. The van der Waals surface area contributed by atoms with Crippen LogP contribution in [-0.4, -0.2) is 72.5 Å². The lowest BCUT2D eigenvalue weighted by molar-refractivity contribution is -0.143. The Morgan fingerprint density at radius 3 is 2.23 bits per heavy atom. The molecular weight excluding hydrogens is 408 g/mol. The largest absolute Gasteiger partial charge is 0.481 e. The Kier molecular flexibility index (Phi) is 7.49. The van der Waals surface area contributed by atoms with Crippen molar-refractivity contribution in [2.24, 2.45) is 17.8 Å². The molecule has 2 aliphatic heterocycles. The fraction of sp³-hybridized carbons (Fsp3) is 0.619. The van der Waals surface area contributed by atoms with Crippen molar-refractivity contribution in [2.45, 2.75) is 37.0 Å². The fourth-order valence-corrected chi connectivity index (χ4v) is 6.11. The van der Waals surface area contributed by atoms with Crippen molar-refractivity contribution < 1.29 is 28.2 Å². The van der Waals surface area contributed by atoms with E-state index in [2.05, 4.69) is 4.90 Å². The quantitative estimate of drug-likeness (QED) is 0.638. The van der Waals surface area contributed by atoms with Gasteiger partial charge in [-0.15, -0.1) is 0 Å². The monoisotopic (exact) mass is 438 g/mol. The van der Waals surface area contributed by atoms with Crippen molar-refractivity contribution in [1.29, 1.82) is 0 Å². The summed E-state index contributed by atoms with van der Waals surface area (Å²) in [5, 5.41) is 18.4. The summed E-state index contributed by atoms with van der Waals surface area (Å²) in [6.45, 7) is 2.79. The van der Waals surface area contributed by atoms with Gasteiger partial charge >= 0.3 is 11.9 Å². The van der Waals surface area contributed by atoms with Crippen molar-refractivity contribution in [3.8, 4) is 0 Å². The van der Waals surface area contributed by atoms with Crippen LogP contribution in [0.4, 0.5) is 0 Å². The van der Waals surface area contributed by atoms with E-state index in [0.717, 1.165) is 6.54 Å². The van der Waals surface area contributed by atoms with Crippen LogP contribution in [0.1, 0.15) is 32.1 Å². The van der Waals surface area contributed by atoms with E-state index in [1.54, 1.807) is 30.3 Å². The van der Waals surface area contributed by atoms with Gasteiger partial charge < -0.3 is 15.1 Å².